The van der Waals surface area contributed by atoms with Crippen LogP contribution in [0.4, 0.5) is 0 Å². The molecule has 1 fully saturated rings. The molecule has 2 atom stereocenters. The topological polar surface area (TPSA) is 15.3 Å². The Hall–Kier alpha value is -0.0800. The van der Waals surface area contributed by atoms with Crippen LogP contribution in [0.15, 0.2) is 0 Å². The van der Waals surface area contributed by atoms with Gasteiger partial charge in [0.1, 0.15) is 0 Å². The Bertz CT molecular complexity index is 195. The van der Waals surface area contributed by atoms with E-state index in [0.29, 0.717) is 6.04 Å². The van der Waals surface area contributed by atoms with Crippen molar-refractivity contribution >= 4 is 0 Å². The number of nitrogens with zero attached hydrogens (tertiary/aromatic N) is 1. The summed E-state index contributed by atoms with van der Waals surface area (Å²) in [5, 5.41) is 3.68. The summed E-state index contributed by atoms with van der Waals surface area (Å²) in [6, 6.07) is 2.11. The molecule has 1 N–H and O–H groups in total. The third-order valence-electron chi connectivity index (χ3n) is 4.12. The first-order valence-corrected chi connectivity index (χ1v) is 7.55. The zero-order valence-electron chi connectivity index (χ0n) is 12.5. The second kappa shape index (κ2) is 7.38. The van der Waals surface area contributed by atoms with Gasteiger partial charge in [0.15, 0.2) is 0 Å². The second-order valence-corrected chi connectivity index (χ2v) is 6.16. The molecule has 0 aromatic carbocycles. The van der Waals surface area contributed by atoms with E-state index >= 15 is 0 Å². The van der Waals surface area contributed by atoms with E-state index in [9.17, 15) is 0 Å². The van der Waals surface area contributed by atoms with Crippen LogP contribution >= 0.6 is 0 Å². The average molecular weight is 240 g/mol. The predicted molar refractivity (Wildman–Crippen MR) is 76.4 cm³/mol. The summed E-state index contributed by atoms with van der Waals surface area (Å²) in [5.74, 6) is 0.756. The first kappa shape index (κ1) is 15.0. The minimum absolute atomic E-state index is 0.658. The Kier molecular flexibility index (Phi) is 6.50. The van der Waals surface area contributed by atoms with Gasteiger partial charge in [0.2, 0.25) is 0 Å². The van der Waals surface area contributed by atoms with Gasteiger partial charge in [0, 0.05) is 24.7 Å². The molecule has 0 aromatic heterocycles. The van der Waals surface area contributed by atoms with Crippen molar-refractivity contribution in [2.24, 2.45) is 5.92 Å². The molecule has 0 bridgehead atoms. The molecule has 0 amide bonds. The minimum atomic E-state index is 0.658. The Labute approximate surface area is 108 Å². The number of hydrogen-bond donors (Lipinski definition) is 1. The van der Waals surface area contributed by atoms with Crippen molar-refractivity contribution in [1.82, 2.24) is 10.2 Å². The number of rotatable bonds is 6. The maximum absolute atomic E-state index is 3.68. The standard InChI is InChI=1S/C15H32N2/c1-6-15(12(2)3)17(13(4)5)11-14-9-7-8-10-16-14/h12-16H,6-11H2,1-5H3. The van der Waals surface area contributed by atoms with Gasteiger partial charge in [-0.05, 0) is 45.6 Å². The van der Waals surface area contributed by atoms with Crippen LogP contribution in [-0.2, 0) is 0 Å². The maximum atomic E-state index is 3.68. The highest BCUT2D eigenvalue weighted by Crippen LogP contribution is 2.19. The molecule has 17 heavy (non-hydrogen) atoms. The van der Waals surface area contributed by atoms with Gasteiger partial charge >= 0.3 is 0 Å². The van der Waals surface area contributed by atoms with Gasteiger partial charge in [-0.15, -0.1) is 0 Å². The molecular formula is C15H32N2. The van der Waals surface area contributed by atoms with Crippen LogP contribution in [0.5, 0.6) is 0 Å². The Balaban J connectivity index is 2.57. The van der Waals surface area contributed by atoms with Gasteiger partial charge in [-0.3, -0.25) is 4.90 Å². The first-order valence-electron chi connectivity index (χ1n) is 7.55. The summed E-state index contributed by atoms with van der Waals surface area (Å²) in [6.45, 7) is 14.2. The second-order valence-electron chi connectivity index (χ2n) is 6.16. The van der Waals surface area contributed by atoms with Crippen LogP contribution < -0.4 is 5.32 Å². The van der Waals surface area contributed by atoms with Crippen LogP contribution in [-0.4, -0.2) is 36.1 Å². The quantitative estimate of drug-likeness (QED) is 0.766. The average Bonchev–Trinajstić information content (AvgIpc) is 2.29. The number of hydrogen-bond acceptors (Lipinski definition) is 2. The van der Waals surface area contributed by atoms with Gasteiger partial charge in [0.25, 0.3) is 0 Å². The Morgan fingerprint density at radius 2 is 1.88 bits per heavy atom. The molecule has 2 unspecified atom stereocenters. The third-order valence-corrected chi connectivity index (χ3v) is 4.12. The molecule has 1 aliphatic rings. The zero-order chi connectivity index (χ0) is 12.8. The van der Waals surface area contributed by atoms with Gasteiger partial charge in [0.05, 0.1) is 0 Å². The molecule has 2 nitrogen and oxygen atoms in total. The SMILES string of the molecule is CCC(C(C)C)N(CC1CCCCN1)C(C)C. The van der Waals surface area contributed by atoms with E-state index in [1.165, 1.54) is 38.8 Å². The molecular weight excluding hydrogens is 208 g/mol. The molecule has 1 saturated heterocycles. The summed E-state index contributed by atoms with van der Waals surface area (Å²) < 4.78 is 0. The lowest BCUT2D eigenvalue weighted by Gasteiger charge is -2.40. The van der Waals surface area contributed by atoms with Crippen molar-refractivity contribution < 1.29 is 0 Å². The van der Waals surface area contributed by atoms with Crippen molar-refractivity contribution in [2.45, 2.75) is 78.4 Å². The summed E-state index contributed by atoms with van der Waals surface area (Å²) in [4.78, 5) is 2.72. The minimum Gasteiger partial charge on any atom is -0.313 e. The highest BCUT2D eigenvalue weighted by molar-refractivity contribution is 4.83. The summed E-state index contributed by atoms with van der Waals surface area (Å²) in [7, 11) is 0. The summed E-state index contributed by atoms with van der Waals surface area (Å²) >= 11 is 0. The molecule has 0 spiro atoms. The van der Waals surface area contributed by atoms with E-state index in [-0.39, 0.29) is 0 Å². The molecule has 0 radical (unpaired) electrons. The van der Waals surface area contributed by atoms with Gasteiger partial charge in [-0.25, -0.2) is 0 Å². The molecule has 0 aliphatic carbocycles. The first-order chi connectivity index (χ1) is 8.06. The summed E-state index contributed by atoms with van der Waals surface area (Å²) in [5.41, 5.74) is 0. The Morgan fingerprint density at radius 1 is 1.18 bits per heavy atom. The number of piperidine rings is 1. The predicted octanol–water partition coefficient (Wildman–Crippen LogP) is 3.27. The van der Waals surface area contributed by atoms with Crippen molar-refractivity contribution in [3.05, 3.63) is 0 Å². The normalized spacial score (nSPS) is 23.6. The van der Waals surface area contributed by atoms with Crippen molar-refractivity contribution in [3.8, 4) is 0 Å². The van der Waals surface area contributed by atoms with Crippen molar-refractivity contribution in [2.75, 3.05) is 13.1 Å². The van der Waals surface area contributed by atoms with Crippen LogP contribution in [0.3, 0.4) is 0 Å². The lowest BCUT2D eigenvalue weighted by Crippen LogP contribution is -2.51. The highest BCUT2D eigenvalue weighted by Gasteiger charge is 2.25. The summed E-state index contributed by atoms with van der Waals surface area (Å²) in [6.07, 6.45) is 5.39. The monoisotopic (exact) mass is 240 g/mol. The van der Waals surface area contributed by atoms with Crippen LogP contribution in [0.1, 0.15) is 60.3 Å². The fourth-order valence-corrected chi connectivity index (χ4v) is 3.15. The molecule has 1 aliphatic heterocycles. The fourth-order valence-electron chi connectivity index (χ4n) is 3.15. The lowest BCUT2D eigenvalue weighted by molar-refractivity contribution is 0.0956. The maximum Gasteiger partial charge on any atom is 0.0195 e. The van der Waals surface area contributed by atoms with Crippen LogP contribution in [0.2, 0.25) is 0 Å². The molecule has 1 heterocycles. The van der Waals surface area contributed by atoms with Crippen LogP contribution in [0.25, 0.3) is 0 Å². The third kappa shape index (κ3) is 4.59. The van der Waals surface area contributed by atoms with Crippen molar-refractivity contribution in [3.63, 3.8) is 0 Å². The largest absolute Gasteiger partial charge is 0.313 e. The molecule has 0 aromatic rings. The highest BCUT2D eigenvalue weighted by atomic mass is 15.2. The van der Waals surface area contributed by atoms with E-state index in [1.54, 1.807) is 0 Å². The van der Waals surface area contributed by atoms with E-state index in [0.717, 1.165) is 18.0 Å². The molecule has 102 valence electrons. The van der Waals surface area contributed by atoms with Crippen molar-refractivity contribution in [1.29, 1.82) is 0 Å². The molecule has 2 heteroatoms. The lowest BCUT2D eigenvalue weighted by atomic mass is 9.96. The zero-order valence-corrected chi connectivity index (χ0v) is 12.5. The van der Waals surface area contributed by atoms with Gasteiger partial charge in [-0.2, -0.15) is 0 Å². The fraction of sp³-hybridized carbons (Fsp3) is 1.00. The van der Waals surface area contributed by atoms with E-state index < -0.39 is 0 Å². The van der Waals surface area contributed by atoms with E-state index in [4.69, 9.17) is 0 Å². The van der Waals surface area contributed by atoms with Gasteiger partial charge < -0.3 is 5.32 Å². The van der Waals surface area contributed by atoms with Gasteiger partial charge in [-0.1, -0.05) is 27.2 Å². The van der Waals surface area contributed by atoms with E-state index in [2.05, 4.69) is 44.8 Å². The van der Waals surface area contributed by atoms with Crippen LogP contribution in [0, 0.1) is 5.92 Å². The number of nitrogens with one attached hydrogen (secondary N) is 1. The smallest absolute Gasteiger partial charge is 0.0195 e. The molecule has 0 saturated carbocycles. The Morgan fingerprint density at radius 3 is 2.29 bits per heavy atom. The van der Waals surface area contributed by atoms with E-state index in [1.807, 2.05) is 0 Å². The molecule has 1 rings (SSSR count).